The van der Waals surface area contributed by atoms with Gasteiger partial charge in [-0.1, -0.05) is 19.1 Å². The Labute approximate surface area is 163 Å². The molecule has 3 rings (SSSR count). The van der Waals surface area contributed by atoms with Gasteiger partial charge in [-0.25, -0.2) is 4.79 Å². The van der Waals surface area contributed by atoms with E-state index < -0.39 is 5.97 Å². The summed E-state index contributed by atoms with van der Waals surface area (Å²) >= 11 is 0. The first kappa shape index (κ1) is 19.5. The maximum absolute atomic E-state index is 12.0. The number of carbonyl (C=O) groups excluding carboxylic acids is 2. The number of hydrogen-bond acceptors (Lipinski definition) is 6. The third-order valence-electron chi connectivity index (χ3n) is 4.32. The van der Waals surface area contributed by atoms with Crippen molar-refractivity contribution in [2.45, 2.75) is 26.8 Å². The number of nitrogens with one attached hydrogen (secondary N) is 1. The fourth-order valence-corrected chi connectivity index (χ4v) is 3.09. The van der Waals surface area contributed by atoms with Crippen molar-refractivity contribution >= 4 is 11.9 Å². The van der Waals surface area contributed by atoms with Crippen LogP contribution in [0.2, 0.25) is 0 Å². The molecule has 28 heavy (non-hydrogen) atoms. The van der Waals surface area contributed by atoms with Crippen LogP contribution in [0.4, 0.5) is 0 Å². The number of rotatable bonds is 8. The molecule has 1 aliphatic heterocycles. The standard InChI is InChI=1S/C21H23NO6/c1-3-10-27-18(24)12-28-19-14(8-9-17(23)20(19)26-4-2)13-6-5-7-15-16(13)11-22-21(15)25/h5-9,23H,3-4,10-12H2,1-2H3,(H,22,25). The predicted molar refractivity (Wildman–Crippen MR) is 103 cm³/mol. The van der Waals surface area contributed by atoms with Crippen LogP contribution in [0.3, 0.4) is 0 Å². The van der Waals surface area contributed by atoms with Gasteiger partial charge in [-0.3, -0.25) is 4.79 Å². The van der Waals surface area contributed by atoms with Crippen LogP contribution < -0.4 is 14.8 Å². The Morgan fingerprint density at radius 1 is 1.07 bits per heavy atom. The fraction of sp³-hybridized carbons (Fsp3) is 0.333. The molecule has 1 heterocycles. The summed E-state index contributed by atoms with van der Waals surface area (Å²) in [6.07, 6.45) is 0.713. The lowest BCUT2D eigenvalue weighted by molar-refractivity contribution is -0.146. The van der Waals surface area contributed by atoms with Crippen molar-refractivity contribution in [3.05, 3.63) is 41.5 Å². The van der Waals surface area contributed by atoms with Crippen molar-refractivity contribution in [2.75, 3.05) is 19.8 Å². The maximum Gasteiger partial charge on any atom is 0.344 e. The van der Waals surface area contributed by atoms with E-state index in [1.807, 2.05) is 13.0 Å². The summed E-state index contributed by atoms with van der Waals surface area (Å²) in [5.74, 6) is -0.342. The van der Waals surface area contributed by atoms with Crippen LogP contribution in [0.5, 0.6) is 17.2 Å². The predicted octanol–water partition coefficient (Wildman–Crippen LogP) is 3.03. The Hall–Kier alpha value is -3.22. The number of ether oxygens (including phenoxy) is 3. The molecule has 0 radical (unpaired) electrons. The zero-order valence-corrected chi connectivity index (χ0v) is 15.9. The summed E-state index contributed by atoms with van der Waals surface area (Å²) in [7, 11) is 0. The molecule has 0 saturated carbocycles. The number of esters is 1. The molecule has 0 aliphatic carbocycles. The Morgan fingerprint density at radius 3 is 2.61 bits per heavy atom. The first-order valence-electron chi connectivity index (χ1n) is 9.24. The molecular formula is C21H23NO6. The van der Waals surface area contributed by atoms with Crippen LogP contribution in [0, 0.1) is 0 Å². The van der Waals surface area contributed by atoms with Gasteiger partial charge in [0.2, 0.25) is 5.75 Å². The highest BCUT2D eigenvalue weighted by molar-refractivity contribution is 6.01. The number of hydrogen-bond donors (Lipinski definition) is 2. The molecule has 0 bridgehead atoms. The van der Waals surface area contributed by atoms with E-state index in [1.165, 1.54) is 6.07 Å². The van der Waals surface area contributed by atoms with E-state index in [0.717, 1.165) is 11.1 Å². The number of phenolic OH excluding ortho intramolecular Hbond substituents is 1. The van der Waals surface area contributed by atoms with Gasteiger partial charge in [0, 0.05) is 17.7 Å². The number of carbonyl (C=O) groups is 2. The van der Waals surface area contributed by atoms with E-state index >= 15 is 0 Å². The number of benzene rings is 2. The number of amides is 1. The summed E-state index contributed by atoms with van der Waals surface area (Å²) in [5, 5.41) is 13.1. The smallest absolute Gasteiger partial charge is 0.344 e. The normalized spacial score (nSPS) is 12.3. The van der Waals surface area contributed by atoms with E-state index in [2.05, 4.69) is 5.32 Å². The molecule has 2 aromatic carbocycles. The van der Waals surface area contributed by atoms with Gasteiger partial charge in [0.05, 0.1) is 13.2 Å². The summed E-state index contributed by atoms with van der Waals surface area (Å²) in [6, 6.07) is 8.60. The molecule has 7 nitrogen and oxygen atoms in total. The molecule has 2 N–H and O–H groups in total. The second kappa shape index (κ2) is 8.65. The average Bonchev–Trinajstić information content (AvgIpc) is 3.08. The second-order valence-electron chi connectivity index (χ2n) is 6.25. The molecule has 2 aromatic rings. The minimum Gasteiger partial charge on any atom is -0.504 e. The molecule has 1 amide bonds. The lowest BCUT2D eigenvalue weighted by Gasteiger charge is -2.18. The summed E-state index contributed by atoms with van der Waals surface area (Å²) in [5.41, 5.74) is 2.82. The number of fused-ring (bicyclic) bond motifs is 1. The third-order valence-corrected chi connectivity index (χ3v) is 4.32. The van der Waals surface area contributed by atoms with Crippen LogP contribution in [-0.2, 0) is 16.1 Å². The molecule has 148 valence electrons. The lowest BCUT2D eigenvalue weighted by atomic mass is 9.95. The lowest BCUT2D eigenvalue weighted by Crippen LogP contribution is -2.16. The molecule has 0 fully saturated rings. The van der Waals surface area contributed by atoms with E-state index in [9.17, 15) is 14.7 Å². The highest BCUT2D eigenvalue weighted by atomic mass is 16.6. The Kier molecular flexibility index (Phi) is 6.03. The number of phenols is 1. The van der Waals surface area contributed by atoms with Crippen molar-refractivity contribution < 1.29 is 28.9 Å². The monoisotopic (exact) mass is 385 g/mol. The molecule has 0 spiro atoms. The zero-order valence-electron chi connectivity index (χ0n) is 15.9. The Morgan fingerprint density at radius 2 is 1.86 bits per heavy atom. The summed E-state index contributed by atoms with van der Waals surface area (Å²) < 4.78 is 16.4. The van der Waals surface area contributed by atoms with Crippen LogP contribution in [0.1, 0.15) is 36.2 Å². The van der Waals surface area contributed by atoms with Crippen molar-refractivity contribution in [2.24, 2.45) is 0 Å². The highest BCUT2D eigenvalue weighted by Crippen LogP contribution is 2.45. The Balaban J connectivity index is 2.03. The van der Waals surface area contributed by atoms with Gasteiger partial charge < -0.3 is 24.6 Å². The summed E-state index contributed by atoms with van der Waals surface area (Å²) in [6.45, 7) is 4.39. The van der Waals surface area contributed by atoms with Gasteiger partial charge in [-0.2, -0.15) is 0 Å². The van der Waals surface area contributed by atoms with Crippen LogP contribution in [-0.4, -0.2) is 36.8 Å². The van der Waals surface area contributed by atoms with E-state index in [-0.39, 0.29) is 29.8 Å². The molecule has 7 heteroatoms. The van der Waals surface area contributed by atoms with Crippen LogP contribution in [0.25, 0.3) is 11.1 Å². The maximum atomic E-state index is 12.0. The van der Waals surface area contributed by atoms with Crippen LogP contribution >= 0.6 is 0 Å². The van der Waals surface area contributed by atoms with E-state index in [4.69, 9.17) is 14.2 Å². The molecule has 1 aliphatic rings. The largest absolute Gasteiger partial charge is 0.504 e. The average molecular weight is 385 g/mol. The fourth-order valence-electron chi connectivity index (χ4n) is 3.09. The molecule has 0 unspecified atom stereocenters. The van der Waals surface area contributed by atoms with E-state index in [1.54, 1.807) is 25.1 Å². The number of aromatic hydroxyl groups is 1. The Bertz CT molecular complexity index is 893. The van der Waals surface area contributed by atoms with Gasteiger partial charge in [0.15, 0.2) is 18.1 Å². The van der Waals surface area contributed by atoms with E-state index in [0.29, 0.717) is 37.3 Å². The van der Waals surface area contributed by atoms with Crippen molar-refractivity contribution in [3.63, 3.8) is 0 Å². The van der Waals surface area contributed by atoms with Gasteiger partial charge in [0.25, 0.3) is 5.91 Å². The topological polar surface area (TPSA) is 94.1 Å². The quantitative estimate of drug-likeness (QED) is 0.679. The van der Waals surface area contributed by atoms with Crippen molar-refractivity contribution in [1.29, 1.82) is 0 Å². The van der Waals surface area contributed by atoms with Crippen molar-refractivity contribution in [3.8, 4) is 28.4 Å². The van der Waals surface area contributed by atoms with Crippen molar-refractivity contribution in [1.82, 2.24) is 5.32 Å². The van der Waals surface area contributed by atoms with Gasteiger partial charge >= 0.3 is 5.97 Å². The molecular weight excluding hydrogens is 362 g/mol. The minimum atomic E-state index is -0.506. The second-order valence-corrected chi connectivity index (χ2v) is 6.25. The first-order chi connectivity index (χ1) is 13.6. The first-order valence-corrected chi connectivity index (χ1v) is 9.24. The third kappa shape index (κ3) is 3.88. The van der Waals surface area contributed by atoms with Gasteiger partial charge in [-0.15, -0.1) is 0 Å². The highest BCUT2D eigenvalue weighted by Gasteiger charge is 2.25. The zero-order chi connectivity index (χ0) is 20.1. The van der Waals surface area contributed by atoms with Gasteiger partial charge in [0.1, 0.15) is 0 Å². The molecule has 0 saturated heterocycles. The SMILES string of the molecule is CCCOC(=O)COc1c(-c2cccc3c2CNC3=O)ccc(O)c1OCC. The van der Waals surface area contributed by atoms with Gasteiger partial charge in [-0.05, 0) is 42.7 Å². The minimum absolute atomic E-state index is 0.0932. The summed E-state index contributed by atoms with van der Waals surface area (Å²) in [4.78, 5) is 23.9. The molecule has 0 atom stereocenters. The molecule has 0 aromatic heterocycles. The van der Waals surface area contributed by atoms with Crippen LogP contribution in [0.15, 0.2) is 30.3 Å².